The summed E-state index contributed by atoms with van der Waals surface area (Å²) >= 11 is 0. The first-order valence-corrected chi connectivity index (χ1v) is 7.92. The predicted octanol–water partition coefficient (Wildman–Crippen LogP) is 2.05. The minimum absolute atomic E-state index is 0.442. The monoisotopic (exact) mass is 303 g/mol. The van der Waals surface area contributed by atoms with Gasteiger partial charge in [0.2, 0.25) is 18.2 Å². The normalized spacial score (nSPS) is 31.9. The number of rotatable bonds is 9. The maximum Gasteiger partial charge on any atom is 0.234 e. The summed E-state index contributed by atoms with van der Waals surface area (Å²) in [6.07, 6.45) is 9.94. The topological polar surface area (TPSA) is 88.3 Å². The van der Waals surface area contributed by atoms with Crippen LogP contribution in [0, 0.1) is 29.6 Å². The van der Waals surface area contributed by atoms with Crippen LogP contribution in [0.15, 0.2) is 15.0 Å². The molecule has 0 aliphatic heterocycles. The van der Waals surface area contributed by atoms with Gasteiger partial charge in [0.1, 0.15) is 0 Å². The third-order valence-electron chi connectivity index (χ3n) is 5.41. The molecule has 2 aliphatic carbocycles. The number of carbonyl (C=O) groups excluding carboxylic acids is 3. The van der Waals surface area contributed by atoms with E-state index < -0.39 is 0 Å². The summed E-state index contributed by atoms with van der Waals surface area (Å²) in [6, 6.07) is 0. The van der Waals surface area contributed by atoms with E-state index in [1.165, 1.54) is 6.42 Å². The average Bonchev–Trinajstić information content (AvgIpc) is 3.08. The van der Waals surface area contributed by atoms with Crippen LogP contribution in [-0.4, -0.2) is 37.9 Å². The van der Waals surface area contributed by atoms with E-state index in [0.717, 1.165) is 25.7 Å². The maximum absolute atomic E-state index is 10.4. The maximum atomic E-state index is 10.4. The first-order valence-electron chi connectivity index (χ1n) is 7.92. The van der Waals surface area contributed by atoms with E-state index in [1.807, 2.05) is 0 Å². The van der Waals surface area contributed by atoms with Gasteiger partial charge in [-0.2, -0.15) is 0 Å². The van der Waals surface area contributed by atoms with Crippen molar-refractivity contribution in [3.05, 3.63) is 0 Å². The molecule has 0 saturated heterocycles. The summed E-state index contributed by atoms with van der Waals surface area (Å²) in [5.74, 6) is 2.77. The molecule has 0 heterocycles. The molecule has 2 bridgehead atoms. The molecule has 0 spiro atoms. The Morgan fingerprint density at radius 1 is 0.818 bits per heavy atom. The second-order valence-corrected chi connectivity index (χ2v) is 6.29. The zero-order valence-electron chi connectivity index (χ0n) is 12.6. The third-order valence-corrected chi connectivity index (χ3v) is 5.41. The van der Waals surface area contributed by atoms with E-state index in [1.54, 1.807) is 18.2 Å². The van der Waals surface area contributed by atoms with Gasteiger partial charge in [0.25, 0.3) is 0 Å². The molecule has 0 radical (unpaired) electrons. The van der Waals surface area contributed by atoms with Gasteiger partial charge in [0, 0.05) is 0 Å². The first-order chi connectivity index (χ1) is 10.8. The van der Waals surface area contributed by atoms with Crippen molar-refractivity contribution in [2.24, 2.45) is 44.6 Å². The van der Waals surface area contributed by atoms with Crippen LogP contribution in [0.5, 0.6) is 0 Å². The lowest BCUT2D eigenvalue weighted by atomic mass is 9.71. The van der Waals surface area contributed by atoms with Gasteiger partial charge in [0.15, 0.2) is 0 Å². The molecule has 22 heavy (non-hydrogen) atoms. The first kappa shape index (κ1) is 16.5. The van der Waals surface area contributed by atoms with Crippen molar-refractivity contribution in [3.8, 4) is 0 Å². The minimum Gasteiger partial charge on any atom is -0.211 e. The highest BCUT2D eigenvalue weighted by Crippen LogP contribution is 2.57. The third kappa shape index (κ3) is 3.86. The Bertz CT molecular complexity index is 517. The summed E-state index contributed by atoms with van der Waals surface area (Å²) in [4.78, 5) is 41.8. The van der Waals surface area contributed by atoms with Gasteiger partial charge in [-0.15, -0.1) is 0 Å². The number of aliphatic imine (C=N–C) groups is 3. The smallest absolute Gasteiger partial charge is 0.211 e. The highest BCUT2D eigenvalue weighted by molar-refractivity contribution is 5.33. The van der Waals surface area contributed by atoms with Crippen LogP contribution in [0.3, 0.4) is 0 Å². The molecule has 5 unspecified atom stereocenters. The molecule has 2 rings (SSSR count). The van der Waals surface area contributed by atoms with E-state index in [4.69, 9.17) is 0 Å². The van der Waals surface area contributed by atoms with Gasteiger partial charge in [-0.25, -0.2) is 29.4 Å². The van der Waals surface area contributed by atoms with Gasteiger partial charge >= 0.3 is 0 Å². The molecule has 0 N–H and O–H groups in total. The molecule has 6 nitrogen and oxygen atoms in total. The van der Waals surface area contributed by atoms with E-state index in [0.29, 0.717) is 49.2 Å². The number of isocyanates is 3. The fourth-order valence-electron chi connectivity index (χ4n) is 4.66. The average molecular weight is 303 g/mol. The lowest BCUT2D eigenvalue weighted by Crippen LogP contribution is -2.30. The Morgan fingerprint density at radius 3 is 2.27 bits per heavy atom. The zero-order chi connectivity index (χ0) is 15.8. The van der Waals surface area contributed by atoms with E-state index in [9.17, 15) is 14.4 Å². The molecule has 2 aliphatic rings. The number of hydrogen-bond donors (Lipinski definition) is 0. The Hall–Kier alpha value is -1.86. The summed E-state index contributed by atoms with van der Waals surface area (Å²) in [5, 5.41) is 0. The molecule has 6 heteroatoms. The molecule has 0 aromatic rings. The van der Waals surface area contributed by atoms with E-state index in [-0.39, 0.29) is 0 Å². The molecule has 0 amide bonds. The Kier molecular flexibility index (Phi) is 6.42. The Labute approximate surface area is 129 Å². The van der Waals surface area contributed by atoms with Gasteiger partial charge in [-0.05, 0) is 61.7 Å². The number of nitrogens with zero attached hydrogens (tertiary/aromatic N) is 3. The molecule has 0 aromatic heterocycles. The van der Waals surface area contributed by atoms with E-state index >= 15 is 0 Å². The van der Waals surface area contributed by atoms with Crippen LogP contribution in [-0.2, 0) is 14.4 Å². The Morgan fingerprint density at radius 2 is 1.55 bits per heavy atom. The van der Waals surface area contributed by atoms with Crippen LogP contribution in [0.4, 0.5) is 0 Å². The van der Waals surface area contributed by atoms with Crippen molar-refractivity contribution in [1.82, 2.24) is 0 Å². The van der Waals surface area contributed by atoms with Crippen LogP contribution in [0.25, 0.3) is 0 Å². The van der Waals surface area contributed by atoms with Crippen LogP contribution in [0.1, 0.15) is 32.1 Å². The van der Waals surface area contributed by atoms with Crippen molar-refractivity contribution < 1.29 is 14.4 Å². The largest absolute Gasteiger partial charge is 0.234 e. The lowest BCUT2D eigenvalue weighted by Gasteiger charge is -2.35. The zero-order valence-corrected chi connectivity index (χ0v) is 12.6. The second kappa shape index (κ2) is 8.55. The molecule has 0 aromatic carbocycles. The van der Waals surface area contributed by atoms with Gasteiger partial charge in [-0.3, -0.25) is 0 Å². The lowest BCUT2D eigenvalue weighted by molar-refractivity contribution is 0.150. The minimum atomic E-state index is 0.442. The van der Waals surface area contributed by atoms with Crippen molar-refractivity contribution in [2.75, 3.05) is 19.6 Å². The SMILES string of the molecule is O=C=NCCCC1C(CN=C=O)C2CC(CCN=C=O)C1C2. The van der Waals surface area contributed by atoms with Crippen LogP contribution in [0.2, 0.25) is 0 Å². The second-order valence-electron chi connectivity index (χ2n) is 6.29. The predicted molar refractivity (Wildman–Crippen MR) is 79.5 cm³/mol. The fraction of sp³-hybridized carbons (Fsp3) is 0.812. The molecule has 5 atom stereocenters. The van der Waals surface area contributed by atoms with Gasteiger partial charge in [-0.1, -0.05) is 0 Å². The summed E-state index contributed by atoms with van der Waals surface area (Å²) in [5.41, 5.74) is 0. The van der Waals surface area contributed by atoms with Crippen LogP contribution < -0.4 is 0 Å². The highest BCUT2D eigenvalue weighted by Gasteiger charge is 2.51. The quantitative estimate of drug-likeness (QED) is 0.371. The van der Waals surface area contributed by atoms with Crippen molar-refractivity contribution in [1.29, 1.82) is 0 Å². The molecular weight excluding hydrogens is 282 g/mol. The summed E-state index contributed by atoms with van der Waals surface area (Å²) in [6.45, 7) is 1.63. The molecule has 118 valence electrons. The molecule has 2 fully saturated rings. The fourth-order valence-corrected chi connectivity index (χ4v) is 4.66. The van der Waals surface area contributed by atoms with Crippen molar-refractivity contribution >= 4 is 18.2 Å². The van der Waals surface area contributed by atoms with Gasteiger partial charge < -0.3 is 0 Å². The highest BCUT2D eigenvalue weighted by atomic mass is 16.1. The molecule has 2 saturated carbocycles. The van der Waals surface area contributed by atoms with Gasteiger partial charge in [0.05, 0.1) is 19.6 Å². The van der Waals surface area contributed by atoms with Crippen molar-refractivity contribution in [2.45, 2.75) is 32.1 Å². The standard InChI is InChI=1S/C16H21N3O3/c20-9-17-4-1-2-14-15-7-13(16(14)8-19-11-22)6-12(15)3-5-18-10-21/h12-16H,1-8H2. The van der Waals surface area contributed by atoms with E-state index in [2.05, 4.69) is 15.0 Å². The summed E-state index contributed by atoms with van der Waals surface area (Å²) in [7, 11) is 0. The van der Waals surface area contributed by atoms with Crippen molar-refractivity contribution in [3.63, 3.8) is 0 Å². The summed E-state index contributed by atoms with van der Waals surface area (Å²) < 4.78 is 0. The van der Waals surface area contributed by atoms with Crippen LogP contribution >= 0.6 is 0 Å². The molecular formula is C16H21N3O3. The number of hydrogen-bond acceptors (Lipinski definition) is 6. The Balaban J connectivity index is 1.97. The number of fused-ring (bicyclic) bond motifs is 2.